The third-order valence-electron chi connectivity index (χ3n) is 5.95. The van der Waals surface area contributed by atoms with Crippen LogP contribution in [0, 0.1) is 13.8 Å². The molecule has 9 nitrogen and oxygen atoms in total. The smallest absolute Gasteiger partial charge is 0.438 e. The topological polar surface area (TPSA) is 157 Å². The number of aryl methyl sites for hydroxylation is 3. The molecule has 0 fully saturated rings. The number of carbonyl (C=O) groups excluding carboxylic acids is 1. The lowest BCUT2D eigenvalue weighted by Crippen LogP contribution is -2.67. The number of nitrogens with two attached hydrogens (primary N) is 2. The van der Waals surface area contributed by atoms with Crippen LogP contribution in [-0.4, -0.2) is 51.9 Å². The van der Waals surface area contributed by atoms with Crippen LogP contribution in [0.15, 0.2) is 46.9 Å². The van der Waals surface area contributed by atoms with Crippen LogP contribution < -0.4 is 16.8 Å². The molecule has 36 heavy (non-hydrogen) atoms. The second-order valence-corrected chi connectivity index (χ2v) is 8.55. The number of aromatic nitrogens is 1. The maximum absolute atomic E-state index is 12.9. The number of nitrogens with one attached hydrogen (secondary N) is 1. The van der Waals surface area contributed by atoms with Crippen molar-refractivity contribution in [3.05, 3.63) is 65.0 Å². The van der Waals surface area contributed by atoms with E-state index >= 15 is 0 Å². The zero-order valence-corrected chi connectivity index (χ0v) is 19.7. The Morgan fingerprint density at radius 2 is 1.86 bits per heavy atom. The van der Waals surface area contributed by atoms with E-state index in [2.05, 4.69) is 15.0 Å². The molecule has 7 N–H and O–H groups in total. The fourth-order valence-corrected chi connectivity index (χ4v) is 3.65. The Labute approximate surface area is 205 Å². The lowest BCUT2D eigenvalue weighted by atomic mass is 9.99. The van der Waals surface area contributed by atoms with Crippen LogP contribution in [0.4, 0.5) is 13.2 Å². The van der Waals surface area contributed by atoms with Gasteiger partial charge in [0, 0.05) is 12.6 Å². The number of benzene rings is 2. The Morgan fingerprint density at radius 3 is 2.47 bits per heavy atom. The Balaban J connectivity index is 1.96. The number of oxazole rings is 1. The van der Waals surface area contributed by atoms with Gasteiger partial charge in [-0.2, -0.15) is 13.2 Å². The molecule has 2 aromatic carbocycles. The number of nitrogens with zero attached hydrogens (tertiary/aromatic N) is 1. The molecular formula is C24H29F3N4O5. The van der Waals surface area contributed by atoms with Gasteiger partial charge in [0.1, 0.15) is 11.6 Å². The van der Waals surface area contributed by atoms with Gasteiger partial charge in [0.05, 0.1) is 6.04 Å². The highest BCUT2D eigenvalue weighted by Gasteiger charge is 2.49. The molecule has 1 aromatic heterocycles. The Morgan fingerprint density at radius 1 is 1.19 bits per heavy atom. The van der Waals surface area contributed by atoms with Crippen molar-refractivity contribution in [2.45, 2.75) is 57.0 Å². The number of fused-ring (bicyclic) bond motifs is 1. The summed E-state index contributed by atoms with van der Waals surface area (Å²) in [6.45, 7) is 3.17. The van der Waals surface area contributed by atoms with Crippen molar-refractivity contribution in [2.75, 3.05) is 6.54 Å². The third kappa shape index (κ3) is 6.20. The summed E-state index contributed by atoms with van der Waals surface area (Å²) in [5.74, 6) is -5.87. The molecule has 1 heterocycles. The van der Waals surface area contributed by atoms with Crippen molar-refractivity contribution >= 4 is 17.1 Å². The predicted molar refractivity (Wildman–Crippen MR) is 124 cm³/mol. The second kappa shape index (κ2) is 10.9. The summed E-state index contributed by atoms with van der Waals surface area (Å²) in [5.41, 5.74) is 14.7. The molecule has 0 saturated carbocycles. The lowest BCUT2D eigenvalue weighted by molar-refractivity contribution is -0.267. The fraction of sp³-hybridized carbons (Fsp3) is 0.417. The number of hydrogen-bond donors (Lipinski definition) is 5. The van der Waals surface area contributed by atoms with Crippen LogP contribution >= 0.6 is 0 Å². The van der Waals surface area contributed by atoms with Gasteiger partial charge in [0.25, 0.3) is 5.91 Å². The number of carbonyl (C=O) groups is 1. The normalized spacial score (nSPS) is 16.4. The van der Waals surface area contributed by atoms with Gasteiger partial charge in [-0.1, -0.05) is 36.4 Å². The number of hydrogen-bond acceptors (Lipinski definition) is 9. The molecule has 3 rings (SSSR count). The molecule has 0 aliphatic heterocycles. The molecule has 0 spiro atoms. The van der Waals surface area contributed by atoms with E-state index in [0.717, 1.165) is 16.7 Å². The fourth-order valence-electron chi connectivity index (χ4n) is 3.65. The van der Waals surface area contributed by atoms with E-state index in [0.29, 0.717) is 17.5 Å². The first-order valence-corrected chi connectivity index (χ1v) is 11.2. The van der Waals surface area contributed by atoms with E-state index in [1.54, 1.807) is 18.2 Å². The molecule has 196 valence electrons. The van der Waals surface area contributed by atoms with Crippen molar-refractivity contribution in [3.8, 4) is 0 Å². The molecule has 0 saturated heterocycles. The molecule has 0 amide bonds. The molecule has 12 heteroatoms. The summed E-state index contributed by atoms with van der Waals surface area (Å²) in [6.07, 6.45) is -6.58. The summed E-state index contributed by atoms with van der Waals surface area (Å²) >= 11 is 0. The first-order valence-electron chi connectivity index (χ1n) is 11.2. The van der Waals surface area contributed by atoms with Crippen LogP contribution in [-0.2, 0) is 16.0 Å². The Kier molecular flexibility index (Phi) is 8.37. The maximum Gasteiger partial charge on any atom is 0.491 e. The molecule has 3 aromatic rings. The van der Waals surface area contributed by atoms with Gasteiger partial charge in [-0.25, -0.2) is 15.1 Å². The average molecular weight is 511 g/mol. The van der Waals surface area contributed by atoms with Crippen molar-refractivity contribution in [1.82, 2.24) is 10.3 Å². The second-order valence-electron chi connectivity index (χ2n) is 8.55. The monoisotopic (exact) mass is 510 g/mol. The quantitative estimate of drug-likeness (QED) is 0.204. The minimum Gasteiger partial charge on any atom is -0.438 e. The van der Waals surface area contributed by atoms with E-state index in [4.69, 9.17) is 15.9 Å². The van der Waals surface area contributed by atoms with Gasteiger partial charge < -0.3 is 30.8 Å². The highest BCUT2D eigenvalue weighted by atomic mass is 19.4. The van der Waals surface area contributed by atoms with Gasteiger partial charge >= 0.3 is 12.1 Å². The van der Waals surface area contributed by atoms with Gasteiger partial charge in [-0.05, 0) is 49.4 Å². The molecule has 0 bridgehead atoms. The number of ether oxygens (including phenoxy) is 1. The maximum atomic E-state index is 12.9. The molecule has 0 aliphatic carbocycles. The van der Waals surface area contributed by atoms with Crippen LogP contribution in [0.25, 0.3) is 11.1 Å². The standard InChI is InChI=1S/C24H29F3N4O5/c1-13-8-11-17-19(14(13)2)30-21(35-17)20(32)16(10-9-15-6-4-3-5-7-15)31-24(34,18(29)12-28)36-22(33)23(25,26)27/h3-8,11,16,18,20,31-32,34H,9-10,12,28-29H2,1-2H3/t16-,18-,20+,24?/m1/s1. The van der Waals surface area contributed by atoms with Gasteiger partial charge in [-0.15, -0.1) is 0 Å². The number of esters is 1. The number of alkyl halides is 3. The third-order valence-corrected chi connectivity index (χ3v) is 5.95. The lowest BCUT2D eigenvalue weighted by Gasteiger charge is -2.37. The molecular weight excluding hydrogens is 481 g/mol. The minimum absolute atomic E-state index is 0.0606. The van der Waals surface area contributed by atoms with E-state index in [1.807, 2.05) is 38.1 Å². The van der Waals surface area contributed by atoms with Crippen LogP contribution in [0.2, 0.25) is 0 Å². The average Bonchev–Trinajstić information content (AvgIpc) is 3.28. The first-order chi connectivity index (χ1) is 16.9. The van der Waals surface area contributed by atoms with E-state index in [1.165, 1.54) is 0 Å². The van der Waals surface area contributed by atoms with Crippen molar-refractivity contribution in [1.29, 1.82) is 0 Å². The van der Waals surface area contributed by atoms with Gasteiger partial charge in [0.2, 0.25) is 5.89 Å². The summed E-state index contributed by atoms with van der Waals surface area (Å²) in [7, 11) is 0. The van der Waals surface area contributed by atoms with Gasteiger partial charge in [0.15, 0.2) is 5.58 Å². The van der Waals surface area contributed by atoms with E-state index < -0.39 is 42.8 Å². The van der Waals surface area contributed by atoms with E-state index in [9.17, 15) is 28.2 Å². The van der Waals surface area contributed by atoms with Crippen molar-refractivity contribution < 1.29 is 37.3 Å². The zero-order chi connectivity index (χ0) is 26.7. The summed E-state index contributed by atoms with van der Waals surface area (Å²) < 4.78 is 48.8. The minimum atomic E-state index is -5.40. The molecule has 1 unspecified atom stereocenters. The molecule has 4 atom stereocenters. The highest BCUT2D eigenvalue weighted by molar-refractivity contribution is 5.78. The van der Waals surface area contributed by atoms with Crippen LogP contribution in [0.1, 0.15) is 35.1 Å². The molecule has 0 radical (unpaired) electrons. The van der Waals surface area contributed by atoms with E-state index in [-0.39, 0.29) is 12.3 Å². The highest BCUT2D eigenvalue weighted by Crippen LogP contribution is 2.29. The van der Waals surface area contributed by atoms with Crippen molar-refractivity contribution in [3.63, 3.8) is 0 Å². The van der Waals surface area contributed by atoms with Crippen molar-refractivity contribution in [2.24, 2.45) is 11.5 Å². The Bertz CT molecular complexity index is 1190. The summed E-state index contributed by atoms with van der Waals surface area (Å²) in [4.78, 5) is 15.9. The summed E-state index contributed by atoms with van der Waals surface area (Å²) in [5, 5.41) is 24.4. The number of aliphatic hydroxyl groups is 2. The number of rotatable bonds is 10. The number of halogens is 3. The van der Waals surface area contributed by atoms with Crippen LogP contribution in [0.5, 0.6) is 0 Å². The largest absolute Gasteiger partial charge is 0.491 e. The first kappa shape index (κ1) is 27.6. The summed E-state index contributed by atoms with van der Waals surface area (Å²) in [6, 6.07) is 9.66. The van der Waals surface area contributed by atoms with Crippen LogP contribution in [0.3, 0.4) is 0 Å². The zero-order valence-electron chi connectivity index (χ0n) is 19.7. The predicted octanol–water partition coefficient (Wildman–Crippen LogP) is 2.11. The SMILES string of the molecule is Cc1ccc2oc([C@@H](O)[C@@H](CCc3ccccc3)NC(O)(OC(=O)C(F)(F)F)[C@H](N)CN)nc2c1C. The molecule has 0 aliphatic rings. The van der Waals surface area contributed by atoms with Gasteiger partial charge in [-0.3, -0.25) is 0 Å². The number of aliphatic hydroxyl groups excluding tert-OH is 1. The Hall–Kier alpha value is -3.03.